The quantitative estimate of drug-likeness (QED) is 0.513. The summed E-state index contributed by atoms with van der Waals surface area (Å²) >= 11 is 2.79. The fourth-order valence-electron chi connectivity index (χ4n) is 2.43. The summed E-state index contributed by atoms with van der Waals surface area (Å²) < 4.78 is 43.7. The fourth-order valence-corrected chi connectivity index (χ4v) is 3.57. The molecule has 152 valence electrons. The number of alkyl halides is 3. The van der Waals surface area contributed by atoms with Gasteiger partial charge in [-0.3, -0.25) is 4.79 Å². The average Bonchev–Trinajstić information content (AvgIpc) is 3.16. The summed E-state index contributed by atoms with van der Waals surface area (Å²) in [4.78, 5) is 16.0. The van der Waals surface area contributed by atoms with E-state index in [1.54, 1.807) is 24.3 Å². The van der Waals surface area contributed by atoms with Gasteiger partial charge >= 0.3 is 6.18 Å². The third-order valence-electron chi connectivity index (χ3n) is 3.81. The lowest BCUT2D eigenvalue weighted by atomic mass is 10.1. The Hall–Kier alpha value is -2.52. The Morgan fingerprint density at radius 3 is 2.45 bits per heavy atom. The predicted octanol–water partition coefficient (Wildman–Crippen LogP) is 5.71. The van der Waals surface area contributed by atoms with E-state index in [4.69, 9.17) is 4.74 Å². The molecule has 29 heavy (non-hydrogen) atoms. The molecule has 0 radical (unpaired) electrons. The first-order valence-electron chi connectivity index (χ1n) is 8.49. The smallest absolute Gasteiger partial charge is 0.416 e. The summed E-state index contributed by atoms with van der Waals surface area (Å²) in [6.45, 7) is 0.231. The van der Waals surface area contributed by atoms with Gasteiger partial charge in [-0.05, 0) is 42.7 Å². The molecule has 9 heteroatoms. The van der Waals surface area contributed by atoms with E-state index in [1.165, 1.54) is 35.2 Å². The number of thiazole rings is 1. The summed E-state index contributed by atoms with van der Waals surface area (Å²) in [5, 5.41) is 5.22. The third-order valence-corrected chi connectivity index (χ3v) is 5.30. The van der Waals surface area contributed by atoms with Crippen molar-refractivity contribution in [2.75, 3.05) is 17.3 Å². The first-order valence-corrected chi connectivity index (χ1v) is 10.8. The second-order valence-electron chi connectivity index (χ2n) is 6.01. The number of anilines is 1. The number of carbonyl (C=O) groups is 1. The second-order valence-corrected chi connectivity index (χ2v) is 7.74. The van der Waals surface area contributed by atoms with Gasteiger partial charge < -0.3 is 10.1 Å². The molecule has 0 bridgehead atoms. The zero-order valence-corrected chi connectivity index (χ0v) is 17.0. The van der Waals surface area contributed by atoms with Crippen molar-refractivity contribution in [3.8, 4) is 16.3 Å². The number of nitrogens with one attached hydrogen (secondary N) is 1. The number of thioether (sulfide) groups is 1. The van der Waals surface area contributed by atoms with E-state index in [2.05, 4.69) is 10.3 Å². The maximum absolute atomic E-state index is 12.7. The zero-order valence-electron chi connectivity index (χ0n) is 15.3. The lowest BCUT2D eigenvalue weighted by molar-refractivity contribution is -0.137. The highest BCUT2D eigenvalue weighted by Gasteiger charge is 2.30. The molecule has 1 aromatic heterocycles. The van der Waals surface area contributed by atoms with E-state index in [0.29, 0.717) is 33.5 Å². The van der Waals surface area contributed by atoms with Gasteiger partial charge in [0.2, 0.25) is 5.91 Å². The predicted molar refractivity (Wildman–Crippen MR) is 110 cm³/mol. The Morgan fingerprint density at radius 2 is 1.83 bits per heavy atom. The molecule has 3 aromatic rings. The molecule has 0 saturated heterocycles. The summed E-state index contributed by atoms with van der Waals surface area (Å²) in [7, 11) is 0. The zero-order chi connectivity index (χ0) is 20.9. The first-order chi connectivity index (χ1) is 13.8. The minimum Gasteiger partial charge on any atom is -0.487 e. The van der Waals surface area contributed by atoms with Gasteiger partial charge in [0.15, 0.2) is 0 Å². The average molecular weight is 438 g/mol. The van der Waals surface area contributed by atoms with Crippen LogP contribution in [0.1, 0.15) is 11.3 Å². The topological polar surface area (TPSA) is 51.2 Å². The molecule has 1 amide bonds. The van der Waals surface area contributed by atoms with Crippen LogP contribution in [0.15, 0.2) is 53.9 Å². The molecule has 4 nitrogen and oxygen atoms in total. The van der Waals surface area contributed by atoms with Gasteiger partial charge in [0, 0.05) is 16.6 Å². The molecule has 0 aliphatic carbocycles. The van der Waals surface area contributed by atoms with Crippen molar-refractivity contribution in [3.63, 3.8) is 0 Å². The number of benzene rings is 2. The Kier molecular flexibility index (Phi) is 6.81. The van der Waals surface area contributed by atoms with Crippen molar-refractivity contribution in [2.24, 2.45) is 0 Å². The molecule has 0 spiro atoms. The minimum atomic E-state index is -4.35. The van der Waals surface area contributed by atoms with Crippen molar-refractivity contribution in [2.45, 2.75) is 12.8 Å². The number of nitrogens with zero attached hydrogens (tertiary/aromatic N) is 1. The summed E-state index contributed by atoms with van der Waals surface area (Å²) in [5.41, 5.74) is 1.31. The van der Waals surface area contributed by atoms with Crippen LogP contribution in [0, 0.1) is 0 Å². The minimum absolute atomic E-state index is 0.0653. The van der Waals surface area contributed by atoms with Crippen LogP contribution in [0.5, 0.6) is 5.75 Å². The van der Waals surface area contributed by atoms with Crippen LogP contribution >= 0.6 is 23.1 Å². The summed E-state index contributed by atoms with van der Waals surface area (Å²) in [6.07, 6.45) is -2.49. The van der Waals surface area contributed by atoms with Crippen LogP contribution in [0.3, 0.4) is 0 Å². The maximum atomic E-state index is 12.7. The largest absolute Gasteiger partial charge is 0.487 e. The molecule has 1 heterocycles. The maximum Gasteiger partial charge on any atom is 0.416 e. The molecule has 0 aliphatic rings. The van der Waals surface area contributed by atoms with E-state index < -0.39 is 11.7 Å². The molecule has 1 N–H and O–H groups in total. The molecule has 3 rings (SSSR count). The molecule has 0 aliphatic heterocycles. The van der Waals surface area contributed by atoms with E-state index in [9.17, 15) is 18.0 Å². The van der Waals surface area contributed by atoms with E-state index in [-0.39, 0.29) is 12.5 Å². The molecule has 0 atom stereocenters. The Balaban J connectivity index is 1.57. The molecular formula is C20H17F3N2O2S2. The van der Waals surface area contributed by atoms with Gasteiger partial charge in [0.1, 0.15) is 17.4 Å². The number of hydrogen-bond acceptors (Lipinski definition) is 5. The lowest BCUT2D eigenvalue weighted by Gasteiger charge is -2.07. The number of hydrogen-bond donors (Lipinski definition) is 1. The van der Waals surface area contributed by atoms with Crippen LogP contribution in [0.4, 0.5) is 18.9 Å². The molecule has 0 fully saturated rings. The van der Waals surface area contributed by atoms with Gasteiger partial charge in [-0.25, -0.2) is 4.98 Å². The standard InChI is InChI=1S/C20H17F3N2O2S2/c1-28-12-18(26)24-15-6-8-17(9-7-15)27-10-16-11-29-19(25-16)13-2-4-14(5-3-13)20(21,22)23/h2-9,11H,10,12H2,1H3,(H,24,26). The van der Waals surface area contributed by atoms with Gasteiger partial charge in [0.05, 0.1) is 17.0 Å². The van der Waals surface area contributed by atoms with Crippen molar-refractivity contribution in [1.82, 2.24) is 4.98 Å². The number of rotatable bonds is 7. The van der Waals surface area contributed by atoms with Crippen LogP contribution in [-0.2, 0) is 17.6 Å². The van der Waals surface area contributed by atoms with Gasteiger partial charge in [-0.1, -0.05) is 12.1 Å². The number of aromatic nitrogens is 1. The lowest BCUT2D eigenvalue weighted by Crippen LogP contribution is -2.13. The Morgan fingerprint density at radius 1 is 1.14 bits per heavy atom. The number of amides is 1. The Bertz CT molecular complexity index is 955. The number of carbonyl (C=O) groups excluding carboxylic acids is 1. The van der Waals surface area contributed by atoms with E-state index in [1.807, 2.05) is 11.6 Å². The number of ether oxygens (including phenoxy) is 1. The van der Waals surface area contributed by atoms with Crippen molar-refractivity contribution < 1.29 is 22.7 Å². The highest BCUT2D eigenvalue weighted by molar-refractivity contribution is 7.99. The highest BCUT2D eigenvalue weighted by atomic mass is 32.2. The normalized spacial score (nSPS) is 11.3. The molecule has 0 saturated carbocycles. The monoisotopic (exact) mass is 438 g/mol. The SMILES string of the molecule is CSCC(=O)Nc1ccc(OCc2csc(-c3ccc(C(F)(F)F)cc3)n2)cc1. The van der Waals surface area contributed by atoms with Gasteiger partial charge in [-0.15, -0.1) is 11.3 Å². The molecular weight excluding hydrogens is 421 g/mol. The summed E-state index contributed by atoms with van der Waals surface area (Å²) in [6, 6.07) is 11.9. The van der Waals surface area contributed by atoms with Crippen LogP contribution in [0.25, 0.3) is 10.6 Å². The highest BCUT2D eigenvalue weighted by Crippen LogP contribution is 2.32. The van der Waals surface area contributed by atoms with Crippen molar-refractivity contribution in [3.05, 3.63) is 65.2 Å². The van der Waals surface area contributed by atoms with Crippen LogP contribution in [-0.4, -0.2) is 22.9 Å². The van der Waals surface area contributed by atoms with E-state index >= 15 is 0 Å². The fraction of sp³-hybridized carbons (Fsp3) is 0.200. The van der Waals surface area contributed by atoms with Gasteiger partial charge in [0.25, 0.3) is 0 Å². The third kappa shape index (κ3) is 5.98. The van der Waals surface area contributed by atoms with Gasteiger partial charge in [-0.2, -0.15) is 24.9 Å². The first kappa shape index (κ1) is 21.2. The summed E-state index contributed by atoms with van der Waals surface area (Å²) in [5.74, 6) is 0.949. The molecule has 0 unspecified atom stereocenters. The Labute approximate surface area is 174 Å². The van der Waals surface area contributed by atoms with Crippen LogP contribution in [0.2, 0.25) is 0 Å². The van der Waals surface area contributed by atoms with Crippen molar-refractivity contribution >= 4 is 34.7 Å². The van der Waals surface area contributed by atoms with Crippen LogP contribution < -0.4 is 10.1 Å². The number of halogens is 3. The van der Waals surface area contributed by atoms with Crippen molar-refractivity contribution in [1.29, 1.82) is 0 Å². The second kappa shape index (κ2) is 9.32. The van der Waals surface area contributed by atoms with E-state index in [0.717, 1.165) is 12.1 Å². The molecule has 2 aromatic carbocycles.